The lowest BCUT2D eigenvalue weighted by atomic mass is 9.88. The van der Waals surface area contributed by atoms with Gasteiger partial charge in [-0.1, -0.05) is 41.9 Å². The third kappa shape index (κ3) is 5.87. The molecule has 0 unspecified atom stereocenters. The second-order valence-electron chi connectivity index (χ2n) is 5.23. The molecule has 0 aliphatic rings. The number of amides is 1. The van der Waals surface area contributed by atoms with E-state index in [0.717, 1.165) is 10.0 Å². The maximum atomic E-state index is 12.1. The number of benzene rings is 1. The van der Waals surface area contributed by atoms with E-state index in [4.69, 9.17) is 5.11 Å². The number of carboxylic acid groups (broad SMARTS) is 1. The summed E-state index contributed by atoms with van der Waals surface area (Å²) in [7, 11) is 0. The lowest BCUT2D eigenvalue weighted by molar-refractivity contribution is -0.139. The van der Waals surface area contributed by atoms with Crippen LogP contribution in [0.1, 0.15) is 45.1 Å². The van der Waals surface area contributed by atoms with Gasteiger partial charge in [-0.15, -0.1) is 0 Å². The van der Waals surface area contributed by atoms with Gasteiger partial charge >= 0.3 is 5.97 Å². The van der Waals surface area contributed by atoms with Gasteiger partial charge in [0.25, 0.3) is 0 Å². The van der Waals surface area contributed by atoms with Crippen molar-refractivity contribution in [2.45, 2.75) is 51.5 Å². The maximum Gasteiger partial charge on any atom is 0.305 e. The molecule has 0 bridgehead atoms. The third-order valence-electron chi connectivity index (χ3n) is 3.80. The number of hydrogen-bond donors (Lipinski definition) is 2. The zero-order valence-corrected chi connectivity index (χ0v) is 14.1. The van der Waals surface area contributed by atoms with Gasteiger partial charge in [-0.25, -0.2) is 0 Å². The molecule has 4 nitrogen and oxygen atoms in total. The summed E-state index contributed by atoms with van der Waals surface area (Å²) in [6, 6.07) is 7.84. The number of halogens is 1. The molecule has 0 atom stereocenters. The van der Waals surface area contributed by atoms with Crippen LogP contribution in [0.3, 0.4) is 0 Å². The van der Waals surface area contributed by atoms with E-state index in [1.807, 2.05) is 38.1 Å². The average Bonchev–Trinajstić information content (AvgIpc) is 2.45. The molecular formula is C16H22BrNO3. The largest absolute Gasteiger partial charge is 0.481 e. The summed E-state index contributed by atoms with van der Waals surface area (Å²) < 4.78 is 1.01. The van der Waals surface area contributed by atoms with Gasteiger partial charge in [-0.05, 0) is 37.0 Å². The lowest BCUT2D eigenvalue weighted by Crippen LogP contribution is -2.49. The molecule has 1 rings (SSSR count). The van der Waals surface area contributed by atoms with Crippen molar-refractivity contribution >= 4 is 27.8 Å². The van der Waals surface area contributed by atoms with E-state index in [0.29, 0.717) is 25.7 Å². The van der Waals surface area contributed by atoms with Gasteiger partial charge < -0.3 is 10.4 Å². The standard InChI is InChI=1S/C16H22BrNO3/c1-3-16(4-2,11-15(20)21)18-14(19)10-7-12-5-8-13(17)9-6-12/h5-6,8-9H,3-4,7,10-11H2,1-2H3,(H,18,19)(H,20,21). The first-order chi connectivity index (χ1) is 9.90. The predicted octanol–water partition coefficient (Wildman–Crippen LogP) is 3.53. The molecule has 21 heavy (non-hydrogen) atoms. The van der Waals surface area contributed by atoms with E-state index in [9.17, 15) is 9.59 Å². The number of nitrogens with one attached hydrogen (secondary N) is 1. The number of carbonyl (C=O) groups is 2. The van der Waals surface area contributed by atoms with Crippen LogP contribution in [0.25, 0.3) is 0 Å². The van der Waals surface area contributed by atoms with Gasteiger partial charge in [0.2, 0.25) is 5.91 Å². The van der Waals surface area contributed by atoms with Crippen LogP contribution in [0.2, 0.25) is 0 Å². The molecule has 0 heterocycles. The van der Waals surface area contributed by atoms with E-state index in [2.05, 4.69) is 21.2 Å². The van der Waals surface area contributed by atoms with Gasteiger partial charge in [-0.2, -0.15) is 0 Å². The molecule has 5 heteroatoms. The fraction of sp³-hybridized carbons (Fsp3) is 0.500. The van der Waals surface area contributed by atoms with E-state index in [1.165, 1.54) is 0 Å². The number of aryl methyl sites for hydroxylation is 1. The van der Waals surface area contributed by atoms with Crippen LogP contribution in [0, 0.1) is 0 Å². The van der Waals surface area contributed by atoms with Crippen LogP contribution in [0.15, 0.2) is 28.7 Å². The molecule has 2 N–H and O–H groups in total. The summed E-state index contributed by atoms with van der Waals surface area (Å²) in [5.74, 6) is -0.977. The zero-order valence-electron chi connectivity index (χ0n) is 12.5. The van der Waals surface area contributed by atoms with E-state index in [-0.39, 0.29) is 12.3 Å². The first-order valence-corrected chi connectivity index (χ1v) is 7.97. The Morgan fingerprint density at radius 3 is 2.24 bits per heavy atom. The van der Waals surface area contributed by atoms with Gasteiger partial charge in [0.15, 0.2) is 0 Å². The monoisotopic (exact) mass is 355 g/mol. The molecule has 1 aromatic rings. The molecule has 1 amide bonds. The Hall–Kier alpha value is -1.36. The summed E-state index contributed by atoms with van der Waals surface area (Å²) in [4.78, 5) is 23.1. The Bertz CT molecular complexity index is 481. The first kappa shape index (κ1) is 17.7. The second-order valence-corrected chi connectivity index (χ2v) is 6.15. The van der Waals surface area contributed by atoms with Crippen LogP contribution in [0.5, 0.6) is 0 Å². The summed E-state index contributed by atoms with van der Waals surface area (Å²) in [6.45, 7) is 3.81. The highest BCUT2D eigenvalue weighted by Crippen LogP contribution is 2.20. The van der Waals surface area contributed by atoms with E-state index >= 15 is 0 Å². The van der Waals surface area contributed by atoms with E-state index < -0.39 is 11.5 Å². The molecule has 116 valence electrons. The SMILES string of the molecule is CCC(CC)(CC(=O)O)NC(=O)CCc1ccc(Br)cc1. The molecule has 0 aromatic heterocycles. The number of aliphatic carboxylic acids is 1. The predicted molar refractivity (Wildman–Crippen MR) is 86.2 cm³/mol. The van der Waals surface area contributed by atoms with Gasteiger partial charge in [0, 0.05) is 16.4 Å². The molecule has 0 fully saturated rings. The fourth-order valence-corrected chi connectivity index (χ4v) is 2.54. The average molecular weight is 356 g/mol. The highest BCUT2D eigenvalue weighted by atomic mass is 79.9. The number of hydrogen-bond acceptors (Lipinski definition) is 2. The quantitative estimate of drug-likeness (QED) is 0.749. The Kier molecular flexibility index (Phi) is 6.89. The van der Waals surface area contributed by atoms with Crippen molar-refractivity contribution in [1.29, 1.82) is 0 Å². The normalized spacial score (nSPS) is 11.2. The summed E-state index contributed by atoms with van der Waals surface area (Å²) >= 11 is 3.37. The maximum absolute atomic E-state index is 12.1. The van der Waals surface area contributed by atoms with Crippen molar-refractivity contribution in [2.24, 2.45) is 0 Å². The molecule has 1 aromatic carbocycles. The van der Waals surface area contributed by atoms with Crippen molar-refractivity contribution in [1.82, 2.24) is 5.32 Å². The minimum Gasteiger partial charge on any atom is -0.481 e. The topological polar surface area (TPSA) is 66.4 Å². The molecule has 0 saturated heterocycles. The smallest absolute Gasteiger partial charge is 0.305 e. The van der Waals surface area contributed by atoms with Crippen LogP contribution in [-0.2, 0) is 16.0 Å². The van der Waals surface area contributed by atoms with Crippen LogP contribution >= 0.6 is 15.9 Å². The number of rotatable bonds is 8. The van der Waals surface area contributed by atoms with Crippen LogP contribution in [-0.4, -0.2) is 22.5 Å². The summed E-state index contributed by atoms with van der Waals surface area (Å²) in [6.07, 6.45) is 2.20. The zero-order chi connectivity index (χ0) is 15.9. The molecule has 0 saturated carbocycles. The van der Waals surface area contributed by atoms with Crippen molar-refractivity contribution in [2.75, 3.05) is 0 Å². The third-order valence-corrected chi connectivity index (χ3v) is 4.33. The summed E-state index contributed by atoms with van der Waals surface area (Å²) in [5, 5.41) is 11.9. The highest BCUT2D eigenvalue weighted by Gasteiger charge is 2.30. The Balaban J connectivity index is 2.57. The number of carbonyl (C=O) groups excluding carboxylic acids is 1. The minimum atomic E-state index is -0.882. The lowest BCUT2D eigenvalue weighted by Gasteiger charge is -2.31. The van der Waals surface area contributed by atoms with Gasteiger partial charge in [0.1, 0.15) is 0 Å². The second kappa shape index (κ2) is 8.17. The van der Waals surface area contributed by atoms with Crippen LogP contribution in [0.4, 0.5) is 0 Å². The molecule has 0 radical (unpaired) electrons. The van der Waals surface area contributed by atoms with E-state index in [1.54, 1.807) is 0 Å². The Morgan fingerprint density at radius 2 is 1.76 bits per heavy atom. The molecule has 0 spiro atoms. The van der Waals surface area contributed by atoms with Gasteiger partial charge in [-0.3, -0.25) is 9.59 Å². The first-order valence-electron chi connectivity index (χ1n) is 7.18. The molecule has 0 aliphatic carbocycles. The van der Waals surface area contributed by atoms with Crippen LogP contribution < -0.4 is 5.32 Å². The van der Waals surface area contributed by atoms with Crippen molar-refractivity contribution in [3.8, 4) is 0 Å². The minimum absolute atomic E-state index is 0.0377. The number of carboxylic acids is 1. The Labute approximate surface area is 134 Å². The fourth-order valence-electron chi connectivity index (χ4n) is 2.28. The molecule has 0 aliphatic heterocycles. The highest BCUT2D eigenvalue weighted by molar-refractivity contribution is 9.10. The van der Waals surface area contributed by atoms with Crippen molar-refractivity contribution in [3.63, 3.8) is 0 Å². The molecular weight excluding hydrogens is 334 g/mol. The van der Waals surface area contributed by atoms with Crippen molar-refractivity contribution in [3.05, 3.63) is 34.3 Å². The Morgan fingerprint density at radius 1 is 1.19 bits per heavy atom. The van der Waals surface area contributed by atoms with Crippen molar-refractivity contribution < 1.29 is 14.7 Å². The summed E-state index contributed by atoms with van der Waals surface area (Å²) in [5.41, 5.74) is 0.452. The van der Waals surface area contributed by atoms with Gasteiger partial charge in [0.05, 0.1) is 6.42 Å².